The molecule has 3 heteroatoms. The summed E-state index contributed by atoms with van der Waals surface area (Å²) in [6.45, 7) is 1.96. The van der Waals surface area contributed by atoms with Crippen LogP contribution >= 0.6 is 0 Å². The monoisotopic (exact) mass is 169 g/mol. The second-order valence-electron chi connectivity index (χ2n) is 2.80. The lowest BCUT2D eigenvalue weighted by molar-refractivity contribution is 1.26. The Labute approximate surface area is 75.7 Å². The molecule has 0 N–H and O–H groups in total. The topological polar surface area (TPSA) is 49.6 Å². The molecule has 0 saturated heterocycles. The van der Waals surface area contributed by atoms with E-state index in [0.717, 1.165) is 11.1 Å². The number of fused-ring (bicyclic) bond motifs is 1. The first-order chi connectivity index (χ1) is 6.33. The van der Waals surface area contributed by atoms with Crippen molar-refractivity contribution >= 4 is 11.0 Å². The molecular formula is C10H7N3. The number of hydrogen-bond donors (Lipinski definition) is 0. The molecule has 0 radical (unpaired) electrons. The molecule has 0 aliphatic rings. The van der Waals surface area contributed by atoms with Gasteiger partial charge in [-0.2, -0.15) is 5.26 Å². The SMILES string of the molecule is Cc1ccc(C#N)c2nccnc12. The molecule has 0 atom stereocenters. The normalized spacial score (nSPS) is 9.85. The minimum absolute atomic E-state index is 0.578. The summed E-state index contributed by atoms with van der Waals surface area (Å²) in [4.78, 5) is 8.30. The van der Waals surface area contributed by atoms with Gasteiger partial charge in [-0.3, -0.25) is 9.97 Å². The van der Waals surface area contributed by atoms with Crippen LogP contribution in [0, 0.1) is 18.3 Å². The van der Waals surface area contributed by atoms with Crippen molar-refractivity contribution in [3.05, 3.63) is 35.7 Å². The Balaban J connectivity index is 2.95. The molecule has 13 heavy (non-hydrogen) atoms. The second-order valence-corrected chi connectivity index (χ2v) is 2.80. The molecule has 0 spiro atoms. The molecule has 0 unspecified atom stereocenters. The maximum atomic E-state index is 8.81. The molecule has 1 aromatic heterocycles. The van der Waals surface area contributed by atoms with Gasteiger partial charge in [-0.1, -0.05) is 6.07 Å². The average molecular weight is 169 g/mol. The predicted molar refractivity (Wildman–Crippen MR) is 49.0 cm³/mol. The summed E-state index contributed by atoms with van der Waals surface area (Å²) in [6, 6.07) is 5.75. The van der Waals surface area contributed by atoms with Gasteiger partial charge in [0.25, 0.3) is 0 Å². The fourth-order valence-electron chi connectivity index (χ4n) is 1.28. The van der Waals surface area contributed by atoms with E-state index in [2.05, 4.69) is 16.0 Å². The van der Waals surface area contributed by atoms with Crippen molar-refractivity contribution < 1.29 is 0 Å². The van der Waals surface area contributed by atoms with Gasteiger partial charge < -0.3 is 0 Å². The van der Waals surface area contributed by atoms with E-state index in [9.17, 15) is 0 Å². The van der Waals surface area contributed by atoms with Crippen molar-refractivity contribution in [2.45, 2.75) is 6.92 Å². The number of benzene rings is 1. The van der Waals surface area contributed by atoms with Gasteiger partial charge in [0, 0.05) is 12.4 Å². The van der Waals surface area contributed by atoms with Crippen LogP contribution in [0.1, 0.15) is 11.1 Å². The van der Waals surface area contributed by atoms with E-state index in [1.165, 1.54) is 0 Å². The van der Waals surface area contributed by atoms with Crippen LogP contribution in [-0.4, -0.2) is 9.97 Å². The number of hydrogen-bond acceptors (Lipinski definition) is 3. The Morgan fingerprint density at radius 1 is 1.15 bits per heavy atom. The van der Waals surface area contributed by atoms with Gasteiger partial charge in [0.1, 0.15) is 11.6 Å². The van der Waals surface area contributed by atoms with Gasteiger partial charge in [-0.25, -0.2) is 0 Å². The third kappa shape index (κ3) is 1.13. The van der Waals surface area contributed by atoms with Gasteiger partial charge in [-0.05, 0) is 18.6 Å². The smallest absolute Gasteiger partial charge is 0.107 e. The van der Waals surface area contributed by atoms with E-state index in [4.69, 9.17) is 5.26 Å². The molecule has 62 valence electrons. The predicted octanol–water partition coefficient (Wildman–Crippen LogP) is 1.81. The van der Waals surface area contributed by atoms with Crippen LogP contribution in [0.4, 0.5) is 0 Å². The first-order valence-electron chi connectivity index (χ1n) is 3.93. The summed E-state index contributed by atoms with van der Waals surface area (Å²) in [5.74, 6) is 0. The fourth-order valence-corrected chi connectivity index (χ4v) is 1.28. The number of aromatic nitrogens is 2. The van der Waals surface area contributed by atoms with Crippen molar-refractivity contribution in [3.8, 4) is 6.07 Å². The minimum Gasteiger partial charge on any atom is -0.253 e. The molecule has 2 rings (SSSR count). The molecule has 0 bridgehead atoms. The van der Waals surface area contributed by atoms with E-state index < -0.39 is 0 Å². The van der Waals surface area contributed by atoms with Crippen LogP contribution in [-0.2, 0) is 0 Å². The third-order valence-corrected chi connectivity index (χ3v) is 1.95. The van der Waals surface area contributed by atoms with Gasteiger partial charge in [0.15, 0.2) is 0 Å². The van der Waals surface area contributed by atoms with Crippen molar-refractivity contribution in [1.29, 1.82) is 5.26 Å². The number of rotatable bonds is 0. The molecule has 0 amide bonds. The average Bonchev–Trinajstić information content (AvgIpc) is 2.19. The van der Waals surface area contributed by atoms with Gasteiger partial charge >= 0.3 is 0 Å². The van der Waals surface area contributed by atoms with Crippen molar-refractivity contribution in [2.24, 2.45) is 0 Å². The second kappa shape index (κ2) is 2.83. The Morgan fingerprint density at radius 3 is 2.54 bits per heavy atom. The highest BCUT2D eigenvalue weighted by Gasteiger charge is 2.03. The van der Waals surface area contributed by atoms with Crippen LogP contribution < -0.4 is 0 Å². The van der Waals surface area contributed by atoms with E-state index in [1.54, 1.807) is 18.5 Å². The molecule has 0 fully saturated rings. The first kappa shape index (κ1) is 7.69. The molecule has 0 aliphatic heterocycles. The van der Waals surface area contributed by atoms with Crippen LogP contribution in [0.15, 0.2) is 24.5 Å². The van der Waals surface area contributed by atoms with Crippen LogP contribution in [0.25, 0.3) is 11.0 Å². The Bertz CT molecular complexity index is 497. The quantitative estimate of drug-likeness (QED) is 0.604. The Kier molecular flexibility index (Phi) is 1.67. The lowest BCUT2D eigenvalue weighted by Crippen LogP contribution is -1.89. The fraction of sp³-hybridized carbons (Fsp3) is 0.100. The summed E-state index contributed by atoms with van der Waals surface area (Å²) in [7, 11) is 0. The Morgan fingerprint density at radius 2 is 1.85 bits per heavy atom. The van der Waals surface area contributed by atoms with E-state index in [0.29, 0.717) is 11.1 Å². The van der Waals surface area contributed by atoms with Crippen molar-refractivity contribution in [2.75, 3.05) is 0 Å². The summed E-state index contributed by atoms with van der Waals surface area (Å²) < 4.78 is 0. The summed E-state index contributed by atoms with van der Waals surface area (Å²) in [6.07, 6.45) is 3.24. The highest BCUT2D eigenvalue weighted by atomic mass is 14.8. The molecule has 0 aliphatic carbocycles. The molecule has 3 nitrogen and oxygen atoms in total. The van der Waals surface area contributed by atoms with E-state index >= 15 is 0 Å². The number of aryl methyl sites for hydroxylation is 1. The Hall–Kier alpha value is -1.95. The van der Waals surface area contributed by atoms with Crippen LogP contribution in [0.3, 0.4) is 0 Å². The van der Waals surface area contributed by atoms with Gasteiger partial charge in [0.05, 0.1) is 11.1 Å². The van der Waals surface area contributed by atoms with Crippen molar-refractivity contribution in [3.63, 3.8) is 0 Å². The summed E-state index contributed by atoms with van der Waals surface area (Å²) in [5.41, 5.74) is 3.11. The first-order valence-corrected chi connectivity index (χ1v) is 3.93. The van der Waals surface area contributed by atoms with Gasteiger partial charge in [-0.15, -0.1) is 0 Å². The van der Waals surface area contributed by atoms with E-state index in [1.807, 2.05) is 13.0 Å². The summed E-state index contributed by atoms with van der Waals surface area (Å²) >= 11 is 0. The zero-order chi connectivity index (χ0) is 9.26. The molecule has 1 heterocycles. The minimum atomic E-state index is 0.578. The maximum Gasteiger partial charge on any atom is 0.107 e. The van der Waals surface area contributed by atoms with Crippen molar-refractivity contribution in [1.82, 2.24) is 9.97 Å². The third-order valence-electron chi connectivity index (χ3n) is 1.95. The standard InChI is InChI=1S/C10H7N3/c1-7-2-3-8(6-11)10-9(7)12-4-5-13-10/h2-5H,1H3. The molecule has 2 aromatic rings. The largest absolute Gasteiger partial charge is 0.253 e. The highest BCUT2D eigenvalue weighted by molar-refractivity contribution is 5.83. The van der Waals surface area contributed by atoms with Gasteiger partial charge in [0.2, 0.25) is 0 Å². The van der Waals surface area contributed by atoms with E-state index in [-0.39, 0.29) is 0 Å². The number of nitrogens with zero attached hydrogens (tertiary/aromatic N) is 3. The zero-order valence-electron chi connectivity index (χ0n) is 7.15. The molecule has 1 aromatic carbocycles. The van der Waals surface area contributed by atoms with Crippen LogP contribution in [0.2, 0.25) is 0 Å². The highest BCUT2D eigenvalue weighted by Crippen LogP contribution is 2.16. The summed E-state index contributed by atoms with van der Waals surface area (Å²) in [5, 5.41) is 8.81. The van der Waals surface area contributed by atoms with Crippen LogP contribution in [0.5, 0.6) is 0 Å². The zero-order valence-corrected chi connectivity index (χ0v) is 7.15. The molecular weight excluding hydrogens is 162 g/mol. The maximum absolute atomic E-state index is 8.81. The number of nitriles is 1. The lowest BCUT2D eigenvalue weighted by atomic mass is 10.1. The molecule has 0 saturated carbocycles. The lowest BCUT2D eigenvalue weighted by Gasteiger charge is -2.00.